The minimum absolute atomic E-state index is 0.00784. The molecule has 34 nitrogen and oxygen atoms in total. The topological polar surface area (TPSA) is 483 Å². The number of benzene rings is 2. The van der Waals surface area contributed by atoms with Crippen molar-refractivity contribution in [2.45, 2.75) is 237 Å². The van der Waals surface area contributed by atoms with Gasteiger partial charge in [-0.3, -0.25) is 71.9 Å². The first kappa shape index (κ1) is 92.9. The SMILES string of the molecule is C=C1NC(=O)C([C@@H](C)CC)NC(=O)[C@@H]2CSSC[C@H](NC(=O)CCC(=O)O)C(=O)N[C@H](Cc3ccccc3)C(=O)N[C@H](C)C(=O)NC(C[C@@H](C)CC)C(=O)N[C@@H](C(=O)N[C@H](Cc3ccccc3)C(=O)N3CCC[C@H]3C(=O)N2)[C@@H](C)OC(=O)[C@H](CO)NC(=O)[C@H]([C@@H](C)OC)N(C)C(=O)C(CC)NC(=O)[C@H](C[C@H](C)CC)NC1=O. The number of nitrogens with zero attached hydrogens (tertiary/aromatic N) is 2. The Morgan fingerprint density at radius 1 is 0.598 bits per heavy atom. The lowest BCUT2D eigenvalue weighted by Gasteiger charge is -2.35. The maximum Gasteiger partial charge on any atom is 0.331 e. The molecule has 3 heterocycles. The summed E-state index contributed by atoms with van der Waals surface area (Å²) >= 11 is 0. The van der Waals surface area contributed by atoms with Crippen LogP contribution in [0.25, 0.3) is 0 Å². The van der Waals surface area contributed by atoms with E-state index >= 15 is 24.0 Å². The van der Waals surface area contributed by atoms with Crippen LogP contribution < -0.4 is 63.8 Å². The van der Waals surface area contributed by atoms with Crippen LogP contribution in [0.4, 0.5) is 0 Å². The average Bonchev–Trinajstić information content (AvgIpc) is 1.43. The predicted molar refractivity (Wildman–Crippen MR) is 415 cm³/mol. The third-order valence-electron chi connectivity index (χ3n) is 20.1. The van der Waals surface area contributed by atoms with Gasteiger partial charge in [-0.25, -0.2) is 4.79 Å². The molecule has 0 aliphatic carbocycles. The third-order valence-corrected chi connectivity index (χ3v) is 22.5. The highest BCUT2D eigenvalue weighted by molar-refractivity contribution is 8.76. The summed E-state index contributed by atoms with van der Waals surface area (Å²) in [5, 5.41) is 51.7. The second-order valence-electron chi connectivity index (χ2n) is 28.7. The summed E-state index contributed by atoms with van der Waals surface area (Å²) in [5.41, 5.74) is 0.409. The first-order valence-corrected chi connectivity index (χ1v) is 40.4. The van der Waals surface area contributed by atoms with Crippen molar-refractivity contribution >= 4 is 116 Å². The number of ether oxygens (including phenoxy) is 2. The summed E-state index contributed by atoms with van der Waals surface area (Å²) in [6.45, 7) is 18.5. The standard InChI is InChI=1S/C76H112N14O20S2/c1-14-40(5)33-50-66(98)80-49(17-4)74(106)89(12)62(46(11)109-13)73(105)85-54(37-91)76(108)110-45(10)61-72(104)84-53(36-48-27-22-19-23-28-48)75(107)90-32-24-29-57(90)70(102)86-56(69(101)87-60(42(7)16-3)71(103)78-44(9)64(96)81-50)39-112-111-38-55(79-58(92)30-31-59(93)94)68(100)83-52(35-47-25-20-18-21-26-47)65(97)77-43(8)63(95)82-51(67(99)88-61)34-41(6)15-2/h18-23,25-28,40-43,45-46,49-57,60-62,91H,9,14-17,24,29-39H2,1-8,10-13H3,(H,77,97)(H,78,103)(H,79,92)(H,80,98)(H,81,96)(H,82,95)(H,83,100)(H,84,104)(H,85,105)(H,86,102)(H,87,101)(H,88,99)(H,93,94)/t40-,41+,42+,43-,45-,46-,49?,50+,51?,52-,53-,54+,55+,56+,57+,60?,61-,62+/m1/s1. The highest BCUT2D eigenvalue weighted by Gasteiger charge is 2.45. The molecule has 0 radical (unpaired) electrons. The molecule has 2 aromatic rings. The number of aliphatic carboxylic acids is 1. The molecule has 0 aromatic heterocycles. The first-order chi connectivity index (χ1) is 53.1. The monoisotopic (exact) mass is 1600 g/mol. The van der Waals surface area contributed by atoms with Crippen molar-refractivity contribution in [1.29, 1.82) is 0 Å². The van der Waals surface area contributed by atoms with Crippen LogP contribution in [-0.2, 0) is 99.0 Å². The van der Waals surface area contributed by atoms with E-state index < -0.39 is 222 Å². The van der Waals surface area contributed by atoms with Gasteiger partial charge >= 0.3 is 11.9 Å². The Balaban J connectivity index is 1.80. The molecule has 0 saturated carbocycles. The fourth-order valence-electron chi connectivity index (χ4n) is 12.5. The van der Waals surface area contributed by atoms with Gasteiger partial charge in [0.25, 0.3) is 5.91 Å². The molecule has 112 heavy (non-hydrogen) atoms. The number of cyclic esters (lactones) is 1. The maximum atomic E-state index is 15.5. The van der Waals surface area contributed by atoms with Gasteiger partial charge in [0, 0.05) is 51.5 Å². The van der Waals surface area contributed by atoms with Gasteiger partial charge in [0.1, 0.15) is 78.6 Å². The van der Waals surface area contributed by atoms with Crippen LogP contribution in [0.15, 0.2) is 72.9 Å². The molecule has 3 aliphatic rings. The summed E-state index contributed by atoms with van der Waals surface area (Å²) in [7, 11) is 4.23. The largest absolute Gasteiger partial charge is 0.481 e. The molecule has 3 aliphatic heterocycles. The molecular weight excluding hydrogens is 1490 g/mol. The number of fused-ring (bicyclic) bond motifs is 6. The Morgan fingerprint density at radius 2 is 1.14 bits per heavy atom. The van der Waals surface area contributed by atoms with Crippen molar-refractivity contribution in [3.8, 4) is 0 Å². The van der Waals surface area contributed by atoms with Crippen LogP contribution in [0.3, 0.4) is 0 Å². The molecule has 2 bridgehead atoms. The van der Waals surface area contributed by atoms with E-state index in [-0.39, 0.29) is 75.5 Å². The molecule has 3 fully saturated rings. The zero-order valence-electron chi connectivity index (χ0n) is 65.6. The number of carbonyl (C=O) groups is 16. The zero-order chi connectivity index (χ0) is 83.2. The normalized spacial score (nSPS) is 27.5. The Kier molecular flexibility index (Phi) is 37.9. The number of carboxylic acid groups (broad SMARTS) is 1. The van der Waals surface area contributed by atoms with E-state index in [0.717, 1.165) is 26.5 Å². The second kappa shape index (κ2) is 45.7. The van der Waals surface area contributed by atoms with Crippen LogP contribution in [-0.4, -0.2) is 244 Å². The number of rotatable bonds is 20. The minimum Gasteiger partial charge on any atom is -0.481 e. The number of aliphatic hydroxyl groups excluding tert-OH is 1. The van der Waals surface area contributed by atoms with E-state index in [0.29, 0.717) is 24.0 Å². The van der Waals surface area contributed by atoms with Crippen molar-refractivity contribution < 1.29 is 96.4 Å². The molecule has 18 atom stereocenters. The van der Waals surface area contributed by atoms with Gasteiger partial charge < -0.3 is 93.3 Å². The number of hydrogen-bond acceptors (Lipinski definition) is 21. The predicted octanol–water partition coefficient (Wildman–Crippen LogP) is -0.167. The molecule has 3 saturated heterocycles. The Hall–Kier alpha value is -9.68. The molecule has 14 amide bonds. The van der Waals surface area contributed by atoms with Gasteiger partial charge in [0.2, 0.25) is 76.8 Å². The fraction of sp³-hybridized carbons (Fsp3) is 0.605. The maximum absolute atomic E-state index is 15.5. The van der Waals surface area contributed by atoms with Crippen LogP contribution in [0.5, 0.6) is 0 Å². The van der Waals surface area contributed by atoms with Crippen LogP contribution in [0.1, 0.15) is 145 Å². The smallest absolute Gasteiger partial charge is 0.331 e. The van der Waals surface area contributed by atoms with Crippen molar-refractivity contribution in [2.75, 3.05) is 38.8 Å². The summed E-state index contributed by atoms with van der Waals surface area (Å²) in [6, 6.07) is -4.09. The zero-order valence-corrected chi connectivity index (χ0v) is 67.3. The van der Waals surface area contributed by atoms with E-state index in [1.807, 2.05) is 6.92 Å². The van der Waals surface area contributed by atoms with Gasteiger partial charge in [-0.05, 0) is 81.8 Å². The van der Waals surface area contributed by atoms with E-state index in [2.05, 4.69) is 70.4 Å². The number of nitrogens with one attached hydrogen (secondary N) is 12. The van der Waals surface area contributed by atoms with Gasteiger partial charge in [0.15, 0.2) is 6.04 Å². The lowest BCUT2D eigenvalue weighted by atomic mass is 9.97. The number of methoxy groups -OCH3 is 1. The van der Waals surface area contributed by atoms with Gasteiger partial charge in [-0.15, -0.1) is 0 Å². The second-order valence-corrected chi connectivity index (χ2v) is 31.2. The van der Waals surface area contributed by atoms with Crippen molar-refractivity contribution in [1.82, 2.24) is 73.6 Å². The van der Waals surface area contributed by atoms with Gasteiger partial charge in [0.05, 0.1) is 24.8 Å². The number of carboxylic acids is 1. The minimum atomic E-state index is -2.04. The summed E-state index contributed by atoms with van der Waals surface area (Å²) < 4.78 is 11.5. The number of esters is 1. The number of carbonyl (C=O) groups excluding carboxylic acids is 15. The van der Waals surface area contributed by atoms with Gasteiger partial charge in [-0.2, -0.15) is 0 Å². The Labute approximate surface area is 660 Å². The van der Waals surface area contributed by atoms with E-state index in [1.165, 1.54) is 39.8 Å². The Bertz CT molecular complexity index is 3660. The molecule has 36 heteroatoms. The Morgan fingerprint density at radius 3 is 1.71 bits per heavy atom. The van der Waals surface area contributed by atoms with Gasteiger partial charge in [-0.1, -0.05) is 157 Å². The number of hydrogen-bond donors (Lipinski definition) is 14. The van der Waals surface area contributed by atoms with Crippen LogP contribution in [0.2, 0.25) is 0 Å². The molecule has 2 aromatic carbocycles. The summed E-state index contributed by atoms with van der Waals surface area (Å²) in [5.74, 6) is -18.4. The van der Waals surface area contributed by atoms with E-state index in [9.17, 15) is 63.0 Å². The summed E-state index contributed by atoms with van der Waals surface area (Å²) in [6.07, 6.45) is -3.60. The lowest BCUT2D eigenvalue weighted by molar-refractivity contribution is -0.158. The van der Waals surface area contributed by atoms with Crippen LogP contribution in [0, 0.1) is 17.8 Å². The first-order valence-electron chi connectivity index (χ1n) is 37.9. The summed E-state index contributed by atoms with van der Waals surface area (Å²) in [4.78, 5) is 235. The number of likely N-dealkylation sites (N-methyl/N-ethyl adjacent to an activating group) is 1. The molecule has 14 N–H and O–H groups in total. The highest BCUT2D eigenvalue weighted by Crippen LogP contribution is 2.27. The third kappa shape index (κ3) is 27.9. The van der Waals surface area contributed by atoms with Crippen LogP contribution >= 0.6 is 21.6 Å². The van der Waals surface area contributed by atoms with E-state index in [1.54, 1.807) is 102 Å². The lowest BCUT2D eigenvalue weighted by Crippen LogP contribution is -2.63. The van der Waals surface area contributed by atoms with Crippen molar-refractivity contribution in [3.05, 3.63) is 84.1 Å². The average molecular weight is 1610 g/mol. The molecule has 618 valence electrons. The van der Waals surface area contributed by atoms with E-state index in [4.69, 9.17) is 9.47 Å². The number of aliphatic hydroxyl groups is 1. The van der Waals surface area contributed by atoms with Crippen molar-refractivity contribution in [3.63, 3.8) is 0 Å². The highest BCUT2D eigenvalue weighted by atomic mass is 33.1. The molecular formula is C76H112N14O20S2. The molecule has 0 spiro atoms. The fourth-order valence-corrected chi connectivity index (χ4v) is 14.8. The molecule has 3 unspecified atom stereocenters. The molecule has 5 rings (SSSR count). The number of amides is 14. The van der Waals surface area contributed by atoms with Crippen molar-refractivity contribution in [2.24, 2.45) is 17.8 Å². The quantitative estimate of drug-likeness (QED) is 0.0465.